The average Bonchev–Trinajstić information content (AvgIpc) is 3.18. The SMILES string of the molecule is CC1(C(=O)N2CCC(Cc3cccc(F)c3)CC2)CC1. The lowest BCUT2D eigenvalue weighted by Crippen LogP contribution is -2.42. The molecule has 1 heterocycles. The number of halogens is 1. The van der Waals surface area contributed by atoms with Gasteiger partial charge in [0.15, 0.2) is 0 Å². The van der Waals surface area contributed by atoms with Crippen LogP contribution in [0, 0.1) is 17.2 Å². The van der Waals surface area contributed by atoms with Crippen molar-refractivity contribution in [1.29, 1.82) is 0 Å². The number of carbonyl (C=O) groups excluding carboxylic acids is 1. The number of benzene rings is 1. The first-order valence-electron chi connectivity index (χ1n) is 7.61. The molecule has 2 nitrogen and oxygen atoms in total. The lowest BCUT2D eigenvalue weighted by Gasteiger charge is -2.33. The molecule has 1 aliphatic carbocycles. The predicted molar refractivity (Wildman–Crippen MR) is 76.7 cm³/mol. The summed E-state index contributed by atoms with van der Waals surface area (Å²) < 4.78 is 13.2. The zero-order valence-corrected chi connectivity index (χ0v) is 12.1. The Morgan fingerprint density at radius 3 is 2.65 bits per heavy atom. The lowest BCUT2D eigenvalue weighted by molar-refractivity contribution is -0.137. The van der Waals surface area contributed by atoms with Crippen LogP contribution < -0.4 is 0 Å². The Morgan fingerprint density at radius 1 is 1.35 bits per heavy atom. The maximum atomic E-state index is 13.2. The van der Waals surface area contributed by atoms with E-state index in [0.29, 0.717) is 11.8 Å². The lowest BCUT2D eigenvalue weighted by atomic mass is 9.89. The van der Waals surface area contributed by atoms with Gasteiger partial charge in [-0.15, -0.1) is 0 Å². The van der Waals surface area contributed by atoms with Crippen LogP contribution in [0.5, 0.6) is 0 Å². The first kappa shape index (κ1) is 13.6. The van der Waals surface area contributed by atoms with Gasteiger partial charge in [0.05, 0.1) is 0 Å². The van der Waals surface area contributed by atoms with Crippen molar-refractivity contribution in [3.63, 3.8) is 0 Å². The molecule has 1 aromatic carbocycles. The molecule has 1 aliphatic heterocycles. The molecular formula is C17H22FNO. The van der Waals surface area contributed by atoms with E-state index in [4.69, 9.17) is 0 Å². The highest BCUT2D eigenvalue weighted by atomic mass is 19.1. The zero-order chi connectivity index (χ0) is 14.2. The second-order valence-corrected chi connectivity index (χ2v) is 6.63. The Hall–Kier alpha value is -1.38. The van der Waals surface area contributed by atoms with Crippen molar-refractivity contribution in [2.75, 3.05) is 13.1 Å². The summed E-state index contributed by atoms with van der Waals surface area (Å²) in [6, 6.07) is 6.88. The Morgan fingerprint density at radius 2 is 2.05 bits per heavy atom. The van der Waals surface area contributed by atoms with Crippen molar-refractivity contribution in [3.8, 4) is 0 Å². The van der Waals surface area contributed by atoms with Gasteiger partial charge in [0.1, 0.15) is 5.82 Å². The summed E-state index contributed by atoms with van der Waals surface area (Å²) in [4.78, 5) is 14.3. The maximum Gasteiger partial charge on any atom is 0.228 e. The molecule has 0 aromatic heterocycles. The molecule has 20 heavy (non-hydrogen) atoms. The van der Waals surface area contributed by atoms with Gasteiger partial charge in [0.25, 0.3) is 0 Å². The Kier molecular flexibility index (Phi) is 3.53. The summed E-state index contributed by atoms with van der Waals surface area (Å²) in [6.07, 6.45) is 5.11. The minimum atomic E-state index is -0.156. The van der Waals surface area contributed by atoms with Crippen LogP contribution in [0.15, 0.2) is 24.3 Å². The van der Waals surface area contributed by atoms with Gasteiger partial charge in [-0.05, 0) is 55.7 Å². The van der Waals surface area contributed by atoms with Crippen LogP contribution in [0.3, 0.4) is 0 Å². The van der Waals surface area contributed by atoms with E-state index in [0.717, 1.165) is 50.8 Å². The quantitative estimate of drug-likeness (QED) is 0.828. The van der Waals surface area contributed by atoms with E-state index in [1.807, 2.05) is 11.0 Å². The van der Waals surface area contributed by atoms with Gasteiger partial charge in [0.2, 0.25) is 5.91 Å². The molecule has 0 atom stereocenters. The third-order valence-corrected chi connectivity index (χ3v) is 4.83. The summed E-state index contributed by atoms with van der Waals surface area (Å²) in [5.74, 6) is 0.770. The number of hydrogen-bond acceptors (Lipinski definition) is 1. The zero-order valence-electron chi connectivity index (χ0n) is 12.1. The smallest absolute Gasteiger partial charge is 0.228 e. The van der Waals surface area contributed by atoms with Gasteiger partial charge >= 0.3 is 0 Å². The van der Waals surface area contributed by atoms with Crippen molar-refractivity contribution in [2.45, 2.75) is 39.0 Å². The number of rotatable bonds is 3. The minimum absolute atomic E-state index is 0.0462. The molecule has 1 saturated heterocycles. The second kappa shape index (κ2) is 5.19. The van der Waals surface area contributed by atoms with Crippen LogP contribution in [0.1, 0.15) is 38.2 Å². The Labute approximate surface area is 120 Å². The molecule has 1 aromatic rings. The van der Waals surface area contributed by atoms with Gasteiger partial charge < -0.3 is 4.90 Å². The molecule has 0 unspecified atom stereocenters. The highest BCUT2D eigenvalue weighted by molar-refractivity contribution is 5.84. The molecule has 1 amide bonds. The highest BCUT2D eigenvalue weighted by Gasteiger charge is 2.47. The molecule has 0 spiro atoms. The van der Waals surface area contributed by atoms with Gasteiger partial charge in [-0.1, -0.05) is 19.1 Å². The van der Waals surface area contributed by atoms with Crippen molar-refractivity contribution in [2.24, 2.45) is 11.3 Å². The molecule has 3 rings (SSSR count). The second-order valence-electron chi connectivity index (χ2n) is 6.63. The van der Waals surface area contributed by atoms with Crippen LogP contribution in [0.4, 0.5) is 4.39 Å². The van der Waals surface area contributed by atoms with Gasteiger partial charge in [-0.25, -0.2) is 4.39 Å². The molecule has 1 saturated carbocycles. The molecule has 0 bridgehead atoms. The summed E-state index contributed by atoms with van der Waals surface area (Å²) in [5, 5.41) is 0. The van der Waals surface area contributed by atoms with E-state index in [-0.39, 0.29) is 11.2 Å². The fourth-order valence-electron chi connectivity index (χ4n) is 3.12. The monoisotopic (exact) mass is 275 g/mol. The number of hydrogen-bond donors (Lipinski definition) is 0. The van der Waals surface area contributed by atoms with E-state index in [2.05, 4.69) is 6.92 Å². The largest absolute Gasteiger partial charge is 0.342 e. The Balaban J connectivity index is 1.52. The van der Waals surface area contributed by atoms with E-state index in [1.165, 1.54) is 6.07 Å². The van der Waals surface area contributed by atoms with E-state index in [1.54, 1.807) is 12.1 Å². The van der Waals surface area contributed by atoms with Crippen LogP contribution in [0.2, 0.25) is 0 Å². The van der Waals surface area contributed by atoms with Gasteiger partial charge in [-0.3, -0.25) is 4.79 Å². The number of likely N-dealkylation sites (tertiary alicyclic amines) is 1. The van der Waals surface area contributed by atoms with E-state index >= 15 is 0 Å². The molecule has 3 heteroatoms. The van der Waals surface area contributed by atoms with Gasteiger partial charge in [0, 0.05) is 18.5 Å². The van der Waals surface area contributed by atoms with Crippen LogP contribution >= 0.6 is 0 Å². The molecule has 2 fully saturated rings. The van der Waals surface area contributed by atoms with Crippen LogP contribution in [-0.4, -0.2) is 23.9 Å². The average molecular weight is 275 g/mol. The highest BCUT2D eigenvalue weighted by Crippen LogP contribution is 2.47. The maximum absolute atomic E-state index is 13.2. The third-order valence-electron chi connectivity index (χ3n) is 4.83. The first-order chi connectivity index (χ1) is 9.57. The Bertz CT molecular complexity index is 501. The summed E-state index contributed by atoms with van der Waals surface area (Å²) in [7, 11) is 0. The number of nitrogens with zero attached hydrogens (tertiary/aromatic N) is 1. The molecule has 0 radical (unpaired) electrons. The van der Waals surface area contributed by atoms with Crippen molar-refractivity contribution in [1.82, 2.24) is 4.90 Å². The van der Waals surface area contributed by atoms with Crippen LogP contribution in [-0.2, 0) is 11.2 Å². The van der Waals surface area contributed by atoms with Crippen LogP contribution in [0.25, 0.3) is 0 Å². The van der Waals surface area contributed by atoms with E-state index in [9.17, 15) is 9.18 Å². The number of piperidine rings is 1. The topological polar surface area (TPSA) is 20.3 Å². The summed E-state index contributed by atoms with van der Waals surface area (Å²) in [6.45, 7) is 3.82. The fourth-order valence-corrected chi connectivity index (χ4v) is 3.12. The number of carbonyl (C=O) groups is 1. The summed E-state index contributed by atoms with van der Waals surface area (Å²) in [5.41, 5.74) is 1.03. The van der Waals surface area contributed by atoms with Gasteiger partial charge in [-0.2, -0.15) is 0 Å². The van der Waals surface area contributed by atoms with Crippen molar-refractivity contribution >= 4 is 5.91 Å². The van der Waals surface area contributed by atoms with Crippen molar-refractivity contribution < 1.29 is 9.18 Å². The molecule has 108 valence electrons. The molecule has 0 N–H and O–H groups in total. The molecular weight excluding hydrogens is 253 g/mol. The standard InChI is InChI=1S/C17H22FNO/c1-17(7-8-17)16(20)19-9-5-13(6-10-19)11-14-3-2-4-15(18)12-14/h2-4,12-13H,5-11H2,1H3. The first-order valence-corrected chi connectivity index (χ1v) is 7.61. The predicted octanol–water partition coefficient (Wildman–Crippen LogP) is 3.41. The third kappa shape index (κ3) is 2.87. The summed E-state index contributed by atoms with van der Waals surface area (Å²) >= 11 is 0. The van der Waals surface area contributed by atoms with E-state index < -0.39 is 0 Å². The number of amides is 1. The fraction of sp³-hybridized carbons (Fsp3) is 0.588. The molecule has 2 aliphatic rings. The normalized spacial score (nSPS) is 21.8. The van der Waals surface area contributed by atoms with Crippen molar-refractivity contribution in [3.05, 3.63) is 35.6 Å². The minimum Gasteiger partial charge on any atom is -0.342 e.